The van der Waals surface area contributed by atoms with E-state index in [1.807, 2.05) is 30.3 Å². The van der Waals surface area contributed by atoms with E-state index in [0.29, 0.717) is 16.5 Å². The van der Waals surface area contributed by atoms with Crippen LogP contribution in [0.2, 0.25) is 0 Å². The molecule has 1 N–H and O–H groups in total. The number of halogens is 3. The van der Waals surface area contributed by atoms with E-state index in [-0.39, 0.29) is 29.9 Å². The van der Waals surface area contributed by atoms with Gasteiger partial charge < -0.3 is 10.0 Å². The summed E-state index contributed by atoms with van der Waals surface area (Å²) in [4.78, 5) is 30.2. The zero-order valence-corrected chi connectivity index (χ0v) is 18.2. The maximum absolute atomic E-state index is 13.9. The standard InChI is InChI=1S/C25H19F3N4O3/c26-25(27,28)21-13-19(17-10-8-16(9-11-17)15-5-2-1-3-6-15)30-22-18(14-29-32(21)22)23(33)31-12-4-7-20(31)24(34)35/h1-3,5-6,8-11,13-14,20H,4,7,12H2,(H,34,35)/t20-/m0/s1. The Bertz CT molecular complexity index is 1420. The van der Waals surface area contributed by atoms with Crippen molar-refractivity contribution in [3.63, 3.8) is 0 Å². The van der Waals surface area contributed by atoms with Crippen LogP contribution in [0.5, 0.6) is 0 Å². The van der Waals surface area contributed by atoms with Gasteiger partial charge in [-0.05, 0) is 30.0 Å². The SMILES string of the molecule is O=C(O)[C@@H]1CCCN1C(=O)c1cnn2c(C(F)(F)F)cc(-c3ccc(-c4ccccc4)cc3)nc12. The second-order valence-corrected chi connectivity index (χ2v) is 8.26. The number of carbonyl (C=O) groups is 2. The molecule has 10 heteroatoms. The number of rotatable bonds is 4. The molecule has 0 bridgehead atoms. The van der Waals surface area contributed by atoms with Gasteiger partial charge in [0.25, 0.3) is 5.91 Å². The Kier molecular flexibility index (Phi) is 5.50. The number of carboxylic acid groups (broad SMARTS) is 1. The zero-order chi connectivity index (χ0) is 24.7. The highest BCUT2D eigenvalue weighted by Crippen LogP contribution is 2.34. The van der Waals surface area contributed by atoms with Crippen molar-refractivity contribution in [2.75, 3.05) is 6.54 Å². The number of amides is 1. The predicted molar refractivity (Wildman–Crippen MR) is 121 cm³/mol. The second kappa shape index (κ2) is 8.53. The first-order valence-corrected chi connectivity index (χ1v) is 10.9. The first-order valence-electron chi connectivity index (χ1n) is 10.9. The molecule has 0 aliphatic carbocycles. The van der Waals surface area contributed by atoms with Crippen LogP contribution in [0, 0.1) is 0 Å². The smallest absolute Gasteiger partial charge is 0.433 e. The highest BCUT2D eigenvalue weighted by atomic mass is 19.4. The number of aromatic nitrogens is 3. The van der Waals surface area contributed by atoms with Gasteiger partial charge in [-0.15, -0.1) is 0 Å². The molecule has 0 spiro atoms. The van der Waals surface area contributed by atoms with Crippen molar-refractivity contribution in [2.45, 2.75) is 25.1 Å². The van der Waals surface area contributed by atoms with Crippen molar-refractivity contribution < 1.29 is 27.9 Å². The molecule has 178 valence electrons. The van der Waals surface area contributed by atoms with Gasteiger partial charge in [-0.1, -0.05) is 54.6 Å². The van der Waals surface area contributed by atoms with E-state index >= 15 is 0 Å². The Morgan fingerprint density at radius 3 is 2.29 bits per heavy atom. The van der Waals surface area contributed by atoms with Crippen LogP contribution in [0.4, 0.5) is 13.2 Å². The van der Waals surface area contributed by atoms with E-state index in [4.69, 9.17) is 0 Å². The van der Waals surface area contributed by atoms with E-state index in [1.54, 1.807) is 24.3 Å². The van der Waals surface area contributed by atoms with Crippen molar-refractivity contribution >= 4 is 17.5 Å². The highest BCUT2D eigenvalue weighted by molar-refractivity contribution is 6.01. The third-order valence-corrected chi connectivity index (χ3v) is 6.08. The number of carbonyl (C=O) groups excluding carboxylic acids is 1. The van der Waals surface area contributed by atoms with E-state index in [1.165, 1.54) is 0 Å². The minimum absolute atomic E-state index is 0.0233. The number of nitrogens with zero attached hydrogens (tertiary/aromatic N) is 4. The predicted octanol–water partition coefficient (Wildman–Crippen LogP) is 4.77. The van der Waals surface area contributed by atoms with Gasteiger partial charge in [-0.3, -0.25) is 4.79 Å². The van der Waals surface area contributed by atoms with Crippen molar-refractivity contribution in [1.29, 1.82) is 0 Å². The van der Waals surface area contributed by atoms with Gasteiger partial charge in [0.1, 0.15) is 11.6 Å². The Morgan fingerprint density at radius 2 is 1.63 bits per heavy atom. The molecule has 0 unspecified atom stereocenters. The molecule has 1 amide bonds. The summed E-state index contributed by atoms with van der Waals surface area (Å²) in [5.74, 6) is -1.86. The van der Waals surface area contributed by atoms with Gasteiger partial charge in [0.05, 0.1) is 11.9 Å². The van der Waals surface area contributed by atoms with E-state index < -0.39 is 29.8 Å². The molecule has 0 saturated carbocycles. The highest BCUT2D eigenvalue weighted by Gasteiger charge is 2.38. The lowest BCUT2D eigenvalue weighted by atomic mass is 10.0. The maximum atomic E-state index is 13.9. The van der Waals surface area contributed by atoms with Crippen molar-refractivity contribution in [3.8, 4) is 22.4 Å². The molecule has 5 rings (SSSR count). The number of aliphatic carboxylic acids is 1. The van der Waals surface area contributed by atoms with Crippen LogP contribution in [0.3, 0.4) is 0 Å². The normalized spacial score (nSPS) is 16.1. The third-order valence-electron chi connectivity index (χ3n) is 6.08. The minimum Gasteiger partial charge on any atom is -0.480 e. The number of carboxylic acids is 1. The van der Waals surface area contributed by atoms with Crippen LogP contribution in [0.15, 0.2) is 66.9 Å². The van der Waals surface area contributed by atoms with Crippen molar-refractivity contribution in [2.24, 2.45) is 0 Å². The Labute approximate surface area is 197 Å². The van der Waals surface area contributed by atoms with Gasteiger partial charge in [0, 0.05) is 12.1 Å². The average Bonchev–Trinajstić information content (AvgIpc) is 3.51. The van der Waals surface area contributed by atoms with E-state index in [0.717, 1.165) is 28.3 Å². The largest absolute Gasteiger partial charge is 0.480 e. The fourth-order valence-corrected chi connectivity index (χ4v) is 4.35. The first-order chi connectivity index (χ1) is 16.7. The quantitative estimate of drug-likeness (QED) is 0.455. The lowest BCUT2D eigenvalue weighted by Crippen LogP contribution is -2.40. The lowest BCUT2D eigenvalue weighted by Gasteiger charge is -2.20. The van der Waals surface area contributed by atoms with Gasteiger partial charge in [-0.25, -0.2) is 14.3 Å². The summed E-state index contributed by atoms with van der Waals surface area (Å²) in [6.07, 6.45) is -2.98. The molecule has 0 radical (unpaired) electrons. The summed E-state index contributed by atoms with van der Waals surface area (Å²) in [7, 11) is 0. The molecule has 1 aliphatic heterocycles. The molecule has 2 aromatic carbocycles. The topological polar surface area (TPSA) is 87.8 Å². The molecular weight excluding hydrogens is 461 g/mol. The Hall–Kier alpha value is -4.21. The van der Waals surface area contributed by atoms with Crippen LogP contribution in [0.25, 0.3) is 28.0 Å². The molecule has 7 nitrogen and oxygen atoms in total. The molecule has 35 heavy (non-hydrogen) atoms. The maximum Gasteiger partial charge on any atom is 0.433 e. The fourth-order valence-electron chi connectivity index (χ4n) is 4.35. The summed E-state index contributed by atoms with van der Waals surface area (Å²) in [5.41, 5.74) is 0.771. The van der Waals surface area contributed by atoms with E-state index in [2.05, 4.69) is 10.1 Å². The number of hydrogen-bond acceptors (Lipinski definition) is 4. The average molecular weight is 480 g/mol. The van der Waals surface area contributed by atoms with Gasteiger partial charge in [0.2, 0.25) is 0 Å². The van der Waals surface area contributed by atoms with Crippen LogP contribution in [0.1, 0.15) is 28.9 Å². The monoisotopic (exact) mass is 480 g/mol. The molecule has 1 fully saturated rings. The van der Waals surface area contributed by atoms with Crippen LogP contribution in [-0.4, -0.2) is 49.1 Å². The second-order valence-electron chi connectivity index (χ2n) is 8.26. The lowest BCUT2D eigenvalue weighted by molar-refractivity contribution is -0.143. The molecular formula is C25H19F3N4O3. The number of fused-ring (bicyclic) bond motifs is 1. The minimum atomic E-state index is -4.76. The van der Waals surface area contributed by atoms with Gasteiger partial charge >= 0.3 is 12.1 Å². The molecule has 3 heterocycles. The number of likely N-dealkylation sites (tertiary alicyclic amines) is 1. The first kappa shape index (κ1) is 22.6. The molecule has 1 saturated heterocycles. The Morgan fingerprint density at radius 1 is 0.971 bits per heavy atom. The molecule has 4 aromatic rings. The zero-order valence-electron chi connectivity index (χ0n) is 18.2. The summed E-state index contributed by atoms with van der Waals surface area (Å²) in [6.45, 7) is 0.194. The molecule has 2 aromatic heterocycles. The van der Waals surface area contributed by atoms with Gasteiger partial charge in [0.15, 0.2) is 11.3 Å². The third kappa shape index (κ3) is 4.11. The number of benzene rings is 2. The Balaban J connectivity index is 1.60. The summed E-state index contributed by atoms with van der Waals surface area (Å²) in [6, 6.07) is 16.3. The van der Waals surface area contributed by atoms with E-state index in [9.17, 15) is 27.9 Å². The summed E-state index contributed by atoms with van der Waals surface area (Å²) in [5, 5.41) is 13.2. The van der Waals surface area contributed by atoms with Crippen molar-refractivity contribution in [1.82, 2.24) is 19.5 Å². The number of hydrogen-bond donors (Lipinski definition) is 1. The van der Waals surface area contributed by atoms with Crippen LogP contribution >= 0.6 is 0 Å². The van der Waals surface area contributed by atoms with Gasteiger partial charge in [-0.2, -0.15) is 18.3 Å². The van der Waals surface area contributed by atoms with Crippen LogP contribution in [-0.2, 0) is 11.0 Å². The molecule has 1 atom stereocenters. The van der Waals surface area contributed by atoms with Crippen LogP contribution < -0.4 is 0 Å². The fraction of sp³-hybridized carbons (Fsp3) is 0.200. The summed E-state index contributed by atoms with van der Waals surface area (Å²) < 4.78 is 42.3. The summed E-state index contributed by atoms with van der Waals surface area (Å²) >= 11 is 0. The molecule has 1 aliphatic rings. The van der Waals surface area contributed by atoms with Crippen molar-refractivity contribution in [3.05, 3.63) is 78.1 Å². The number of alkyl halides is 3.